The molecule has 0 aliphatic heterocycles. The van der Waals surface area contributed by atoms with Crippen LogP contribution in [0, 0.1) is 28.6 Å². The molecule has 0 aromatic rings. The summed E-state index contributed by atoms with van der Waals surface area (Å²) in [5, 5.41) is 8.67. The number of ether oxygens (including phenoxy) is 1. The lowest BCUT2D eigenvalue weighted by Gasteiger charge is -2.56. The van der Waals surface area contributed by atoms with Crippen molar-refractivity contribution in [1.82, 2.24) is 0 Å². The van der Waals surface area contributed by atoms with Crippen LogP contribution in [0.5, 0.6) is 0 Å². The van der Waals surface area contributed by atoms with Gasteiger partial charge in [-0.15, -0.1) is 0 Å². The lowest BCUT2D eigenvalue weighted by molar-refractivity contribution is -0.151. The fourth-order valence-electron chi connectivity index (χ4n) is 7.82. The number of hydrogen-bond donors (Lipinski definition) is 1. The molecular formula is C28H42O5. The van der Waals surface area contributed by atoms with Crippen LogP contribution < -0.4 is 0 Å². The molecule has 5 heteroatoms. The van der Waals surface area contributed by atoms with E-state index in [1.807, 2.05) is 0 Å². The topological polar surface area (TPSA) is 80.7 Å². The summed E-state index contributed by atoms with van der Waals surface area (Å²) in [6.45, 7) is 4.68. The maximum absolute atomic E-state index is 12.6. The minimum Gasteiger partial charge on any atom is -0.481 e. The van der Waals surface area contributed by atoms with Crippen molar-refractivity contribution in [1.29, 1.82) is 0 Å². The zero-order chi connectivity index (χ0) is 23.6. The second-order valence-corrected chi connectivity index (χ2v) is 11.7. The maximum atomic E-state index is 12.6. The van der Waals surface area contributed by atoms with Gasteiger partial charge in [0.25, 0.3) is 0 Å². The Morgan fingerprint density at radius 3 is 2.39 bits per heavy atom. The molecule has 0 saturated heterocycles. The van der Waals surface area contributed by atoms with E-state index in [4.69, 9.17) is 9.84 Å². The number of aliphatic carboxylic acids is 1. The second kappa shape index (κ2) is 9.92. The van der Waals surface area contributed by atoms with Crippen molar-refractivity contribution in [2.75, 3.05) is 0 Å². The van der Waals surface area contributed by atoms with Crippen LogP contribution in [0.25, 0.3) is 0 Å². The van der Waals surface area contributed by atoms with Gasteiger partial charge in [0.05, 0.1) is 0 Å². The first kappa shape index (κ1) is 24.5. The highest BCUT2D eigenvalue weighted by Crippen LogP contribution is 2.64. The molecule has 4 rings (SSSR count). The van der Waals surface area contributed by atoms with Gasteiger partial charge in [-0.05, 0) is 74.5 Å². The minimum absolute atomic E-state index is 0.00542. The van der Waals surface area contributed by atoms with Gasteiger partial charge in [-0.1, -0.05) is 44.8 Å². The fraction of sp³-hybridized carbons (Fsp3) is 0.821. The molecule has 1 N–H and O–H groups in total. The normalized spacial score (nSPS) is 37.5. The number of carboxylic acids is 1. The van der Waals surface area contributed by atoms with E-state index < -0.39 is 5.97 Å². The summed E-state index contributed by atoms with van der Waals surface area (Å²) < 4.78 is 5.88. The van der Waals surface area contributed by atoms with Crippen molar-refractivity contribution in [3.63, 3.8) is 0 Å². The molecule has 0 amide bonds. The number of carbonyl (C=O) groups is 3. The number of hydrogen-bond acceptors (Lipinski definition) is 4. The van der Waals surface area contributed by atoms with E-state index in [0.29, 0.717) is 36.4 Å². The van der Waals surface area contributed by atoms with Gasteiger partial charge < -0.3 is 9.84 Å². The number of ketones is 1. The largest absolute Gasteiger partial charge is 0.481 e. The molecule has 0 radical (unpaired) electrons. The van der Waals surface area contributed by atoms with Crippen molar-refractivity contribution in [3.8, 4) is 0 Å². The molecule has 4 aliphatic rings. The molecule has 0 bridgehead atoms. The number of unbranched alkanes of at least 4 members (excludes halogenated alkanes) is 4. The molecule has 5 nitrogen and oxygen atoms in total. The molecule has 0 unspecified atom stereocenters. The third-order valence-electron chi connectivity index (χ3n) is 9.84. The molecule has 33 heavy (non-hydrogen) atoms. The smallest absolute Gasteiger partial charge is 0.306 e. The van der Waals surface area contributed by atoms with Crippen molar-refractivity contribution in [2.45, 2.75) is 116 Å². The molecule has 3 saturated carbocycles. The van der Waals surface area contributed by atoms with Crippen molar-refractivity contribution >= 4 is 17.7 Å². The molecule has 0 heterocycles. The maximum Gasteiger partial charge on any atom is 0.306 e. The van der Waals surface area contributed by atoms with Crippen molar-refractivity contribution in [3.05, 3.63) is 11.6 Å². The second-order valence-electron chi connectivity index (χ2n) is 11.7. The average molecular weight is 459 g/mol. The van der Waals surface area contributed by atoms with Crippen LogP contribution in [0.2, 0.25) is 0 Å². The van der Waals surface area contributed by atoms with Gasteiger partial charge in [0, 0.05) is 31.1 Å². The van der Waals surface area contributed by atoms with Crippen LogP contribution in [0.3, 0.4) is 0 Å². The van der Waals surface area contributed by atoms with Crippen molar-refractivity contribution in [2.24, 2.45) is 28.6 Å². The first-order chi connectivity index (χ1) is 15.7. The summed E-state index contributed by atoms with van der Waals surface area (Å²) in [4.78, 5) is 35.5. The average Bonchev–Trinajstić information content (AvgIpc) is 3.07. The molecule has 0 aromatic carbocycles. The summed E-state index contributed by atoms with van der Waals surface area (Å²) in [6.07, 6.45) is 15.6. The van der Waals surface area contributed by atoms with E-state index in [1.165, 1.54) is 5.57 Å². The Kier molecular flexibility index (Phi) is 7.35. The highest BCUT2D eigenvalue weighted by molar-refractivity contribution is 5.87. The van der Waals surface area contributed by atoms with E-state index in [9.17, 15) is 14.4 Å². The minimum atomic E-state index is -0.735. The number of rotatable bonds is 9. The van der Waals surface area contributed by atoms with Gasteiger partial charge in [-0.25, -0.2) is 0 Å². The van der Waals surface area contributed by atoms with E-state index in [2.05, 4.69) is 19.9 Å². The predicted molar refractivity (Wildman–Crippen MR) is 127 cm³/mol. The monoisotopic (exact) mass is 458 g/mol. The van der Waals surface area contributed by atoms with Crippen LogP contribution in [0.15, 0.2) is 11.6 Å². The van der Waals surface area contributed by atoms with Gasteiger partial charge in [0.1, 0.15) is 11.9 Å². The zero-order valence-corrected chi connectivity index (χ0v) is 20.6. The summed E-state index contributed by atoms with van der Waals surface area (Å²) >= 11 is 0. The predicted octanol–water partition coefficient (Wildman–Crippen LogP) is 6.25. The molecule has 184 valence electrons. The van der Waals surface area contributed by atoms with Gasteiger partial charge in [-0.2, -0.15) is 0 Å². The molecule has 6 atom stereocenters. The first-order valence-corrected chi connectivity index (χ1v) is 13.4. The van der Waals surface area contributed by atoms with Crippen LogP contribution in [0.4, 0.5) is 0 Å². The number of fused-ring (bicyclic) bond motifs is 5. The third-order valence-corrected chi connectivity index (χ3v) is 9.84. The lowest BCUT2D eigenvalue weighted by atomic mass is 9.48. The summed E-state index contributed by atoms with van der Waals surface area (Å²) in [5.41, 5.74) is 1.62. The van der Waals surface area contributed by atoms with Gasteiger partial charge >= 0.3 is 11.9 Å². The van der Waals surface area contributed by atoms with Crippen LogP contribution >= 0.6 is 0 Å². The highest BCUT2D eigenvalue weighted by Gasteiger charge is 2.58. The fourth-order valence-corrected chi connectivity index (χ4v) is 7.82. The number of carboxylic acid groups (broad SMARTS) is 1. The SMILES string of the molecule is C[C@]12CC[C@H](OC(=O)CCCCCCCC(=O)O)CC1=CC[C@@H]1[C@@H]2CC[C@]2(C)C(=O)CC[C@@H]12. The summed E-state index contributed by atoms with van der Waals surface area (Å²) in [6, 6.07) is 0. The summed E-state index contributed by atoms with van der Waals surface area (Å²) in [7, 11) is 0. The van der Waals surface area contributed by atoms with Gasteiger partial charge in [0.15, 0.2) is 0 Å². The van der Waals surface area contributed by atoms with Gasteiger partial charge in [0.2, 0.25) is 0 Å². The van der Waals surface area contributed by atoms with Crippen LogP contribution in [0.1, 0.15) is 110 Å². The van der Waals surface area contributed by atoms with E-state index >= 15 is 0 Å². The Morgan fingerprint density at radius 2 is 1.64 bits per heavy atom. The number of carbonyl (C=O) groups excluding carboxylic acids is 2. The van der Waals surface area contributed by atoms with E-state index in [-0.39, 0.29) is 29.3 Å². The Morgan fingerprint density at radius 1 is 0.970 bits per heavy atom. The van der Waals surface area contributed by atoms with Crippen molar-refractivity contribution < 1.29 is 24.2 Å². The first-order valence-electron chi connectivity index (χ1n) is 13.4. The standard InChI is InChI=1S/C28H42O5/c1-27-16-14-20(33-26(32)9-7-5-3-4-6-8-25(30)31)18-19(27)10-11-21-22-12-13-24(29)28(22,2)17-15-23(21)27/h10,20-23H,3-9,11-18H2,1-2H3,(H,30,31)/t20-,21-,22-,23-,27-,28-/m0/s1. The zero-order valence-electron chi connectivity index (χ0n) is 20.6. The summed E-state index contributed by atoms with van der Waals surface area (Å²) in [5.74, 6) is 1.54. The number of esters is 1. The lowest BCUT2D eigenvalue weighted by Crippen LogP contribution is -2.50. The number of Topliss-reactive ketones (excluding diaryl/α,β-unsaturated/α-hetero) is 1. The number of allylic oxidation sites excluding steroid dienone is 1. The Balaban J connectivity index is 1.25. The Bertz CT molecular complexity index is 800. The Hall–Kier alpha value is -1.65. The quantitative estimate of drug-likeness (QED) is 0.251. The Labute approximate surface area is 198 Å². The van der Waals surface area contributed by atoms with Crippen LogP contribution in [-0.2, 0) is 19.1 Å². The molecule has 4 aliphatic carbocycles. The van der Waals surface area contributed by atoms with Gasteiger partial charge in [-0.3, -0.25) is 14.4 Å². The van der Waals surface area contributed by atoms with E-state index in [0.717, 1.165) is 77.0 Å². The van der Waals surface area contributed by atoms with Crippen LogP contribution in [-0.4, -0.2) is 28.9 Å². The molecular weight excluding hydrogens is 416 g/mol. The molecule has 0 spiro atoms. The molecule has 3 fully saturated rings. The highest BCUT2D eigenvalue weighted by atomic mass is 16.5. The van der Waals surface area contributed by atoms with E-state index in [1.54, 1.807) is 0 Å². The third kappa shape index (κ3) is 4.93. The molecule has 0 aromatic heterocycles.